The lowest BCUT2D eigenvalue weighted by Gasteiger charge is -2.33. The summed E-state index contributed by atoms with van der Waals surface area (Å²) in [6.45, 7) is 6.23. The van der Waals surface area contributed by atoms with Crippen molar-refractivity contribution in [1.29, 1.82) is 0 Å². The minimum Gasteiger partial charge on any atom is -0.444 e. The van der Waals surface area contributed by atoms with E-state index in [2.05, 4.69) is 0 Å². The molecule has 1 amide bonds. The SMILES string of the molecule is CN(C(=O)OC(C)(C)C)C1C(OCc2ccccc2)CC(OCc2ccccc2)C1O. The molecule has 1 aliphatic rings. The van der Waals surface area contributed by atoms with Crippen LogP contribution < -0.4 is 0 Å². The second-order valence-corrected chi connectivity index (χ2v) is 8.98. The van der Waals surface area contributed by atoms with Gasteiger partial charge in [0.25, 0.3) is 0 Å². The van der Waals surface area contributed by atoms with Crippen molar-refractivity contribution in [2.24, 2.45) is 0 Å². The number of benzene rings is 2. The van der Waals surface area contributed by atoms with Crippen molar-refractivity contribution in [2.45, 2.75) is 70.4 Å². The van der Waals surface area contributed by atoms with Crippen molar-refractivity contribution < 1.29 is 24.1 Å². The van der Waals surface area contributed by atoms with Gasteiger partial charge in [-0.05, 0) is 31.9 Å². The average molecular weight is 428 g/mol. The number of likely N-dealkylation sites (N-methyl/N-ethyl adjacent to an activating group) is 1. The summed E-state index contributed by atoms with van der Waals surface area (Å²) in [6, 6.07) is 19.1. The number of rotatable bonds is 7. The lowest BCUT2D eigenvalue weighted by atomic mass is 10.1. The van der Waals surface area contributed by atoms with E-state index < -0.39 is 29.9 Å². The molecular formula is C25H33NO5. The van der Waals surface area contributed by atoms with Crippen molar-refractivity contribution in [2.75, 3.05) is 7.05 Å². The molecule has 0 saturated heterocycles. The van der Waals surface area contributed by atoms with E-state index in [4.69, 9.17) is 14.2 Å². The molecule has 0 aromatic heterocycles. The van der Waals surface area contributed by atoms with E-state index in [9.17, 15) is 9.90 Å². The molecule has 1 aliphatic carbocycles. The van der Waals surface area contributed by atoms with Crippen LogP contribution in [0.5, 0.6) is 0 Å². The first-order valence-corrected chi connectivity index (χ1v) is 10.7. The molecule has 2 aromatic rings. The topological polar surface area (TPSA) is 68.2 Å². The van der Waals surface area contributed by atoms with Crippen LogP contribution in [0.15, 0.2) is 60.7 Å². The molecule has 4 unspecified atom stereocenters. The Morgan fingerprint density at radius 3 is 1.90 bits per heavy atom. The number of nitrogens with zero attached hydrogens (tertiary/aromatic N) is 1. The van der Waals surface area contributed by atoms with Gasteiger partial charge in [-0.2, -0.15) is 0 Å². The Morgan fingerprint density at radius 1 is 0.935 bits per heavy atom. The molecule has 1 fully saturated rings. The van der Waals surface area contributed by atoms with Crippen LogP contribution in [0.25, 0.3) is 0 Å². The molecule has 0 radical (unpaired) electrons. The van der Waals surface area contributed by atoms with E-state index in [1.165, 1.54) is 4.90 Å². The molecular weight excluding hydrogens is 394 g/mol. The largest absolute Gasteiger partial charge is 0.444 e. The van der Waals surface area contributed by atoms with Gasteiger partial charge in [0.2, 0.25) is 0 Å². The van der Waals surface area contributed by atoms with Crippen LogP contribution in [-0.4, -0.2) is 53.1 Å². The third-order valence-electron chi connectivity index (χ3n) is 5.32. The first kappa shape index (κ1) is 23.3. The predicted molar refractivity (Wildman–Crippen MR) is 118 cm³/mol. The van der Waals surface area contributed by atoms with Gasteiger partial charge in [-0.1, -0.05) is 60.7 Å². The van der Waals surface area contributed by atoms with Crippen LogP contribution in [0.4, 0.5) is 4.79 Å². The highest BCUT2D eigenvalue weighted by molar-refractivity contribution is 5.68. The molecule has 1 saturated carbocycles. The zero-order chi connectivity index (χ0) is 22.4. The maximum Gasteiger partial charge on any atom is 0.410 e. The second-order valence-electron chi connectivity index (χ2n) is 8.98. The van der Waals surface area contributed by atoms with Crippen molar-refractivity contribution >= 4 is 6.09 Å². The number of ether oxygens (including phenoxy) is 3. The van der Waals surface area contributed by atoms with Gasteiger partial charge >= 0.3 is 6.09 Å². The first-order valence-electron chi connectivity index (χ1n) is 10.7. The fourth-order valence-electron chi connectivity index (χ4n) is 3.77. The van der Waals surface area contributed by atoms with Crippen molar-refractivity contribution in [3.8, 4) is 0 Å². The molecule has 2 aromatic carbocycles. The summed E-state index contributed by atoms with van der Waals surface area (Å²) in [7, 11) is 1.64. The van der Waals surface area contributed by atoms with Gasteiger partial charge in [-0.25, -0.2) is 4.79 Å². The molecule has 31 heavy (non-hydrogen) atoms. The summed E-state index contributed by atoms with van der Waals surface area (Å²) in [5.74, 6) is 0. The standard InChI is InChI=1S/C25H33NO5/c1-25(2,3)31-24(28)26(4)22-20(29-16-18-11-7-5-8-12-18)15-21(23(22)27)30-17-19-13-9-6-10-14-19/h5-14,20-23,27H,15-17H2,1-4H3. The monoisotopic (exact) mass is 427 g/mol. The normalized spacial score (nSPS) is 23.5. The number of carbonyl (C=O) groups is 1. The highest BCUT2D eigenvalue weighted by atomic mass is 16.6. The van der Waals surface area contributed by atoms with Gasteiger partial charge in [0, 0.05) is 13.5 Å². The minimum absolute atomic E-state index is 0.381. The summed E-state index contributed by atoms with van der Waals surface area (Å²) < 4.78 is 17.7. The lowest BCUT2D eigenvalue weighted by molar-refractivity contribution is -0.0578. The quantitative estimate of drug-likeness (QED) is 0.719. The molecule has 6 heteroatoms. The van der Waals surface area contributed by atoms with E-state index in [0.717, 1.165) is 11.1 Å². The maximum absolute atomic E-state index is 12.7. The Hall–Kier alpha value is -2.41. The van der Waals surface area contributed by atoms with E-state index >= 15 is 0 Å². The number of aliphatic hydroxyl groups excluding tert-OH is 1. The van der Waals surface area contributed by atoms with Gasteiger partial charge in [-0.15, -0.1) is 0 Å². The van der Waals surface area contributed by atoms with Crippen molar-refractivity contribution in [3.63, 3.8) is 0 Å². The number of amides is 1. The number of hydrogen-bond donors (Lipinski definition) is 1. The highest BCUT2D eigenvalue weighted by Crippen LogP contribution is 2.31. The predicted octanol–water partition coefficient (Wildman–Crippen LogP) is 4.16. The third kappa shape index (κ3) is 6.53. The summed E-state index contributed by atoms with van der Waals surface area (Å²) >= 11 is 0. The molecule has 3 rings (SSSR count). The maximum atomic E-state index is 12.7. The molecule has 168 valence electrons. The molecule has 0 heterocycles. The van der Waals surface area contributed by atoms with E-state index in [-0.39, 0.29) is 6.10 Å². The average Bonchev–Trinajstić information content (AvgIpc) is 3.05. The number of carbonyl (C=O) groups excluding carboxylic acids is 1. The molecule has 0 aliphatic heterocycles. The zero-order valence-corrected chi connectivity index (χ0v) is 18.7. The van der Waals surface area contributed by atoms with Gasteiger partial charge in [0.15, 0.2) is 0 Å². The Kier molecular flexibility index (Phi) is 7.70. The Balaban J connectivity index is 1.71. The third-order valence-corrected chi connectivity index (χ3v) is 5.32. The molecule has 1 N–H and O–H groups in total. The Labute approximate surface area is 184 Å². The van der Waals surface area contributed by atoms with E-state index in [1.54, 1.807) is 7.05 Å². The highest BCUT2D eigenvalue weighted by Gasteiger charge is 2.48. The first-order chi connectivity index (χ1) is 14.7. The van der Waals surface area contributed by atoms with Gasteiger partial charge < -0.3 is 24.2 Å². The van der Waals surface area contributed by atoms with E-state index in [0.29, 0.717) is 19.6 Å². The fourth-order valence-corrected chi connectivity index (χ4v) is 3.77. The molecule has 6 nitrogen and oxygen atoms in total. The summed E-state index contributed by atoms with van der Waals surface area (Å²) in [4.78, 5) is 14.1. The van der Waals surface area contributed by atoms with Crippen LogP contribution in [0.2, 0.25) is 0 Å². The van der Waals surface area contributed by atoms with Crippen LogP contribution >= 0.6 is 0 Å². The van der Waals surface area contributed by atoms with E-state index in [1.807, 2.05) is 81.4 Å². The van der Waals surface area contributed by atoms with Crippen molar-refractivity contribution in [1.82, 2.24) is 4.90 Å². The van der Waals surface area contributed by atoms with Crippen LogP contribution in [0.1, 0.15) is 38.3 Å². The smallest absolute Gasteiger partial charge is 0.410 e. The van der Waals surface area contributed by atoms with Gasteiger partial charge in [0.05, 0.1) is 31.5 Å². The van der Waals surface area contributed by atoms with Gasteiger partial charge in [-0.3, -0.25) is 0 Å². The second kappa shape index (κ2) is 10.3. The molecule has 0 spiro atoms. The van der Waals surface area contributed by atoms with Crippen LogP contribution in [-0.2, 0) is 27.4 Å². The summed E-state index contributed by atoms with van der Waals surface area (Å²) in [5.41, 5.74) is 1.43. The summed E-state index contributed by atoms with van der Waals surface area (Å²) in [5, 5.41) is 11.1. The Morgan fingerprint density at radius 2 is 1.42 bits per heavy atom. The zero-order valence-electron chi connectivity index (χ0n) is 18.7. The number of hydrogen-bond acceptors (Lipinski definition) is 5. The fraction of sp³-hybridized carbons (Fsp3) is 0.480. The van der Waals surface area contributed by atoms with Crippen molar-refractivity contribution in [3.05, 3.63) is 71.8 Å². The molecule has 0 bridgehead atoms. The number of aliphatic hydroxyl groups is 1. The lowest BCUT2D eigenvalue weighted by Crippen LogP contribution is -2.50. The summed E-state index contributed by atoms with van der Waals surface area (Å²) in [6.07, 6.45) is -1.72. The molecule has 4 atom stereocenters. The van der Waals surface area contributed by atoms with Crippen LogP contribution in [0, 0.1) is 0 Å². The van der Waals surface area contributed by atoms with Gasteiger partial charge in [0.1, 0.15) is 11.7 Å². The van der Waals surface area contributed by atoms with Crippen LogP contribution in [0.3, 0.4) is 0 Å². The Bertz CT molecular complexity index is 821. The minimum atomic E-state index is -0.887.